The zero-order chi connectivity index (χ0) is 13.7. The Kier molecular flexibility index (Phi) is 4.07. The zero-order valence-corrected chi connectivity index (χ0v) is 10.8. The van der Waals surface area contributed by atoms with Crippen LogP contribution >= 0.6 is 0 Å². The molecule has 0 bridgehead atoms. The van der Waals surface area contributed by atoms with E-state index in [1.807, 2.05) is 19.1 Å². The largest absolute Gasteiger partial charge is 0.399 e. The topological polar surface area (TPSA) is 80.9 Å². The summed E-state index contributed by atoms with van der Waals surface area (Å²) < 4.78 is 0. The number of anilines is 1. The monoisotopic (exact) mass is 256 g/mol. The molecule has 0 spiro atoms. The van der Waals surface area contributed by atoms with E-state index in [0.29, 0.717) is 18.7 Å². The number of benzene rings is 1. The Labute approximate surface area is 111 Å². The van der Waals surface area contributed by atoms with Crippen molar-refractivity contribution in [2.75, 3.05) is 5.73 Å². The second kappa shape index (κ2) is 5.95. The number of carbonyl (C=O) groups excluding carboxylic acids is 1. The van der Waals surface area contributed by atoms with Gasteiger partial charge in [0.1, 0.15) is 0 Å². The molecule has 0 saturated heterocycles. The van der Waals surface area contributed by atoms with Crippen molar-refractivity contribution in [3.63, 3.8) is 0 Å². The minimum absolute atomic E-state index is 0.0489. The summed E-state index contributed by atoms with van der Waals surface area (Å²) in [6.45, 7) is 2.26. The van der Waals surface area contributed by atoms with Gasteiger partial charge in [-0.1, -0.05) is 12.1 Å². The van der Waals surface area contributed by atoms with Crippen LogP contribution in [0, 0.1) is 6.92 Å². The smallest absolute Gasteiger partial charge is 0.224 e. The molecule has 5 heteroatoms. The lowest BCUT2D eigenvalue weighted by Gasteiger charge is -2.05. The van der Waals surface area contributed by atoms with E-state index in [4.69, 9.17) is 5.73 Å². The molecule has 1 amide bonds. The number of aryl methyl sites for hydroxylation is 1. The van der Waals surface area contributed by atoms with Gasteiger partial charge in [0.25, 0.3) is 0 Å². The molecule has 3 N–H and O–H groups in total. The van der Waals surface area contributed by atoms with Crippen molar-refractivity contribution >= 4 is 11.6 Å². The molecule has 0 fully saturated rings. The number of rotatable bonds is 4. The van der Waals surface area contributed by atoms with E-state index in [0.717, 1.165) is 17.0 Å². The van der Waals surface area contributed by atoms with Crippen LogP contribution in [0.25, 0.3) is 0 Å². The van der Waals surface area contributed by atoms with Gasteiger partial charge in [0.05, 0.1) is 30.6 Å². The zero-order valence-electron chi connectivity index (χ0n) is 10.8. The van der Waals surface area contributed by atoms with Crippen molar-refractivity contribution in [3.8, 4) is 0 Å². The average molecular weight is 256 g/mol. The lowest BCUT2D eigenvalue weighted by Crippen LogP contribution is -2.25. The maximum Gasteiger partial charge on any atom is 0.224 e. The number of amides is 1. The highest BCUT2D eigenvalue weighted by atomic mass is 16.1. The molecule has 5 nitrogen and oxygen atoms in total. The number of carbonyl (C=O) groups is 1. The molecule has 2 rings (SSSR count). The second-order valence-corrected chi connectivity index (χ2v) is 4.34. The van der Waals surface area contributed by atoms with Crippen molar-refractivity contribution < 1.29 is 4.79 Å². The highest BCUT2D eigenvalue weighted by molar-refractivity contribution is 5.78. The predicted octanol–water partition coefficient (Wildman–Crippen LogP) is 1.23. The molecule has 1 aromatic carbocycles. The van der Waals surface area contributed by atoms with Gasteiger partial charge in [-0.05, 0) is 24.6 Å². The third kappa shape index (κ3) is 4.06. The molecule has 1 aromatic heterocycles. The first-order chi connectivity index (χ1) is 9.13. The predicted molar refractivity (Wildman–Crippen MR) is 73.2 cm³/mol. The molecule has 0 unspecified atom stereocenters. The number of nitrogens with zero attached hydrogens (tertiary/aromatic N) is 2. The van der Waals surface area contributed by atoms with Crippen LogP contribution < -0.4 is 11.1 Å². The normalized spacial score (nSPS) is 10.2. The van der Waals surface area contributed by atoms with E-state index >= 15 is 0 Å². The summed E-state index contributed by atoms with van der Waals surface area (Å²) in [7, 11) is 0. The molecule has 1 heterocycles. The summed E-state index contributed by atoms with van der Waals surface area (Å²) in [5.74, 6) is -0.0489. The number of hydrogen-bond acceptors (Lipinski definition) is 4. The molecule has 0 aliphatic rings. The molecule has 0 atom stereocenters. The number of nitrogens with two attached hydrogens (primary N) is 1. The minimum Gasteiger partial charge on any atom is -0.399 e. The number of nitrogen functional groups attached to an aromatic ring is 1. The second-order valence-electron chi connectivity index (χ2n) is 4.34. The summed E-state index contributed by atoms with van der Waals surface area (Å²) in [6.07, 6.45) is 3.68. The molecule has 2 aromatic rings. The first-order valence-corrected chi connectivity index (χ1v) is 6.02. The molecular weight excluding hydrogens is 240 g/mol. The Balaban J connectivity index is 1.84. The Hall–Kier alpha value is -2.43. The Morgan fingerprint density at radius 1 is 1.21 bits per heavy atom. The van der Waals surface area contributed by atoms with Crippen molar-refractivity contribution in [2.24, 2.45) is 0 Å². The van der Waals surface area contributed by atoms with E-state index in [2.05, 4.69) is 15.3 Å². The fraction of sp³-hybridized carbons (Fsp3) is 0.214. The number of nitrogens with one attached hydrogen (secondary N) is 1. The van der Waals surface area contributed by atoms with Gasteiger partial charge < -0.3 is 11.1 Å². The van der Waals surface area contributed by atoms with Gasteiger partial charge >= 0.3 is 0 Å². The third-order valence-electron chi connectivity index (χ3n) is 2.65. The Bertz CT molecular complexity index is 549. The van der Waals surface area contributed by atoms with Crippen molar-refractivity contribution in [1.82, 2.24) is 15.3 Å². The summed E-state index contributed by atoms with van der Waals surface area (Å²) in [5, 5.41) is 2.81. The molecule has 98 valence electrons. The van der Waals surface area contributed by atoms with Crippen LogP contribution in [0.1, 0.15) is 17.0 Å². The van der Waals surface area contributed by atoms with Gasteiger partial charge in [-0.2, -0.15) is 0 Å². The molecule has 0 radical (unpaired) electrons. The lowest BCUT2D eigenvalue weighted by atomic mass is 10.1. The minimum atomic E-state index is -0.0489. The molecule has 19 heavy (non-hydrogen) atoms. The van der Waals surface area contributed by atoms with E-state index in [-0.39, 0.29) is 5.91 Å². The first kappa shape index (κ1) is 13.0. The fourth-order valence-corrected chi connectivity index (χ4v) is 1.58. The van der Waals surface area contributed by atoms with E-state index in [1.165, 1.54) is 0 Å². The average Bonchev–Trinajstić information content (AvgIpc) is 2.41. The number of hydrogen-bond donors (Lipinski definition) is 2. The van der Waals surface area contributed by atoms with Crippen LogP contribution in [-0.4, -0.2) is 15.9 Å². The SMILES string of the molecule is Cc1cnc(CNC(=O)Cc2ccc(N)cc2)cn1. The molecule has 0 saturated carbocycles. The molecule has 0 aliphatic carbocycles. The van der Waals surface area contributed by atoms with E-state index < -0.39 is 0 Å². The lowest BCUT2D eigenvalue weighted by molar-refractivity contribution is -0.120. The van der Waals surface area contributed by atoms with Gasteiger partial charge in [0.2, 0.25) is 5.91 Å². The van der Waals surface area contributed by atoms with Crippen LogP contribution in [0.5, 0.6) is 0 Å². The van der Waals surface area contributed by atoms with E-state index in [1.54, 1.807) is 24.5 Å². The summed E-state index contributed by atoms with van der Waals surface area (Å²) in [4.78, 5) is 20.0. The fourth-order valence-electron chi connectivity index (χ4n) is 1.58. The highest BCUT2D eigenvalue weighted by Crippen LogP contribution is 2.06. The van der Waals surface area contributed by atoms with Crippen LogP contribution in [0.15, 0.2) is 36.7 Å². The van der Waals surface area contributed by atoms with Gasteiger partial charge in [-0.15, -0.1) is 0 Å². The van der Waals surface area contributed by atoms with Gasteiger partial charge in [-0.25, -0.2) is 0 Å². The summed E-state index contributed by atoms with van der Waals surface area (Å²) in [5.41, 5.74) is 8.82. The van der Waals surface area contributed by atoms with Crippen molar-refractivity contribution in [1.29, 1.82) is 0 Å². The van der Waals surface area contributed by atoms with Crippen LogP contribution in [-0.2, 0) is 17.8 Å². The highest BCUT2D eigenvalue weighted by Gasteiger charge is 2.04. The van der Waals surface area contributed by atoms with Crippen LogP contribution in [0.4, 0.5) is 5.69 Å². The first-order valence-electron chi connectivity index (χ1n) is 6.02. The molecular formula is C14H16N4O. The standard InChI is InChI=1S/C14H16N4O/c1-10-7-17-13(8-16-10)9-18-14(19)6-11-2-4-12(15)5-3-11/h2-5,7-8H,6,9,15H2,1H3,(H,18,19). The number of aromatic nitrogens is 2. The maximum atomic E-state index is 11.7. The quantitative estimate of drug-likeness (QED) is 0.806. The van der Waals surface area contributed by atoms with Gasteiger partial charge in [0, 0.05) is 11.9 Å². The van der Waals surface area contributed by atoms with Crippen LogP contribution in [0.3, 0.4) is 0 Å². The van der Waals surface area contributed by atoms with Gasteiger partial charge in [-0.3, -0.25) is 14.8 Å². The molecule has 0 aliphatic heterocycles. The maximum absolute atomic E-state index is 11.7. The van der Waals surface area contributed by atoms with E-state index in [9.17, 15) is 4.79 Å². The Morgan fingerprint density at radius 2 is 1.95 bits per heavy atom. The van der Waals surface area contributed by atoms with Crippen LogP contribution in [0.2, 0.25) is 0 Å². The van der Waals surface area contributed by atoms with Crippen molar-refractivity contribution in [3.05, 3.63) is 53.6 Å². The van der Waals surface area contributed by atoms with Crippen molar-refractivity contribution in [2.45, 2.75) is 19.9 Å². The van der Waals surface area contributed by atoms with Gasteiger partial charge in [0.15, 0.2) is 0 Å². The summed E-state index contributed by atoms with van der Waals surface area (Å²) in [6, 6.07) is 7.27. The Morgan fingerprint density at radius 3 is 2.58 bits per heavy atom. The third-order valence-corrected chi connectivity index (χ3v) is 2.65. The summed E-state index contributed by atoms with van der Waals surface area (Å²) >= 11 is 0.